The van der Waals surface area contributed by atoms with Gasteiger partial charge >= 0.3 is 0 Å². The number of carbonyl (C=O) groups excluding carboxylic acids is 1. The molecule has 1 saturated heterocycles. The van der Waals surface area contributed by atoms with Gasteiger partial charge in [-0.25, -0.2) is 9.98 Å². The van der Waals surface area contributed by atoms with Crippen molar-refractivity contribution in [3.8, 4) is 0 Å². The van der Waals surface area contributed by atoms with Crippen molar-refractivity contribution in [3.63, 3.8) is 0 Å². The molecule has 0 spiro atoms. The quantitative estimate of drug-likeness (QED) is 0.801. The molecule has 2 bridgehead atoms. The Balaban J connectivity index is 1.39. The number of fused-ring (bicyclic) bond motifs is 1. The van der Waals surface area contributed by atoms with Crippen LogP contribution in [0, 0.1) is 23.7 Å². The van der Waals surface area contributed by atoms with Crippen LogP contribution in [-0.2, 0) is 15.1 Å². The lowest BCUT2D eigenvalue weighted by Gasteiger charge is -2.56. The number of amides is 1. The minimum atomic E-state index is -0.518. The summed E-state index contributed by atoms with van der Waals surface area (Å²) in [4.78, 5) is 22.1. The maximum Gasteiger partial charge on any atom is 0.229 e. The van der Waals surface area contributed by atoms with E-state index in [1.54, 1.807) is 23.1 Å². The second-order valence-corrected chi connectivity index (χ2v) is 10.6. The molecule has 3 N–H and O–H groups in total. The van der Waals surface area contributed by atoms with Gasteiger partial charge in [-0.1, -0.05) is 18.7 Å². The van der Waals surface area contributed by atoms with Gasteiger partial charge in [0.25, 0.3) is 0 Å². The molecule has 1 aromatic rings. The van der Waals surface area contributed by atoms with Crippen LogP contribution in [0.1, 0.15) is 44.5 Å². The number of carbonyl (C=O) groups is 1. The molecule has 3 aliphatic carbocycles. The smallest absolute Gasteiger partial charge is 0.229 e. The molecule has 1 aromatic heterocycles. The minimum absolute atomic E-state index is 0.115. The van der Waals surface area contributed by atoms with Gasteiger partial charge in [0.2, 0.25) is 5.91 Å². The van der Waals surface area contributed by atoms with Crippen molar-refractivity contribution in [2.75, 3.05) is 17.7 Å². The largest absolute Gasteiger partial charge is 0.379 e. The molecular formula is C19H26N4O2S2. The molecule has 3 heterocycles. The van der Waals surface area contributed by atoms with Crippen molar-refractivity contribution in [2.24, 2.45) is 34.4 Å². The first-order chi connectivity index (χ1) is 12.9. The normalized spacial score (nSPS) is 42.4. The predicted octanol–water partition coefficient (Wildman–Crippen LogP) is 3.20. The van der Waals surface area contributed by atoms with E-state index in [0.29, 0.717) is 35.3 Å². The van der Waals surface area contributed by atoms with Crippen molar-refractivity contribution in [1.29, 1.82) is 0 Å². The van der Waals surface area contributed by atoms with E-state index in [9.17, 15) is 4.79 Å². The van der Waals surface area contributed by atoms with Gasteiger partial charge in [-0.15, -0.1) is 11.3 Å². The van der Waals surface area contributed by atoms with Crippen molar-refractivity contribution in [2.45, 2.75) is 50.7 Å². The first-order valence-electron chi connectivity index (χ1n) is 9.81. The molecule has 4 fully saturated rings. The third-order valence-corrected chi connectivity index (χ3v) is 9.10. The highest BCUT2D eigenvalue weighted by Gasteiger charge is 2.56. The van der Waals surface area contributed by atoms with E-state index in [1.165, 1.54) is 12.8 Å². The molecule has 6 nitrogen and oxygen atoms in total. The monoisotopic (exact) mass is 406 g/mol. The number of thioether (sulfide) groups is 1. The zero-order chi connectivity index (χ0) is 18.8. The highest BCUT2D eigenvalue weighted by atomic mass is 32.2. The summed E-state index contributed by atoms with van der Waals surface area (Å²) in [5.74, 6) is 3.47. The molecule has 27 heavy (non-hydrogen) atoms. The number of aromatic nitrogens is 1. The summed E-state index contributed by atoms with van der Waals surface area (Å²) < 4.78 is 6.27. The van der Waals surface area contributed by atoms with Crippen LogP contribution >= 0.6 is 23.1 Å². The molecular weight excluding hydrogens is 380 g/mol. The molecule has 3 saturated carbocycles. The summed E-state index contributed by atoms with van der Waals surface area (Å²) in [6.07, 6.45) is 4.38. The number of nitrogens with two attached hydrogens (primary N) is 1. The zero-order valence-corrected chi connectivity index (χ0v) is 17.4. The van der Waals surface area contributed by atoms with Crippen LogP contribution in [0.3, 0.4) is 0 Å². The van der Waals surface area contributed by atoms with E-state index in [2.05, 4.69) is 19.2 Å². The van der Waals surface area contributed by atoms with Gasteiger partial charge in [0.15, 0.2) is 5.17 Å². The lowest BCUT2D eigenvalue weighted by Crippen LogP contribution is -2.55. The third kappa shape index (κ3) is 2.75. The first-order valence-corrected chi connectivity index (χ1v) is 11.7. The van der Waals surface area contributed by atoms with E-state index in [0.717, 1.165) is 23.6 Å². The summed E-state index contributed by atoms with van der Waals surface area (Å²) in [6, 6.07) is 0. The van der Waals surface area contributed by atoms with Gasteiger partial charge in [-0.3, -0.25) is 4.79 Å². The van der Waals surface area contributed by atoms with Crippen molar-refractivity contribution < 1.29 is 9.53 Å². The van der Waals surface area contributed by atoms with E-state index < -0.39 is 5.54 Å². The number of aliphatic imine (C=N–C) groups is 1. The lowest BCUT2D eigenvalue weighted by atomic mass is 9.48. The Hall–Kier alpha value is -1.12. The molecule has 2 aliphatic heterocycles. The van der Waals surface area contributed by atoms with Gasteiger partial charge in [0.1, 0.15) is 16.4 Å². The second kappa shape index (κ2) is 6.19. The molecule has 1 amide bonds. The number of anilines is 1. The Morgan fingerprint density at radius 1 is 1.44 bits per heavy atom. The average molecular weight is 407 g/mol. The van der Waals surface area contributed by atoms with Gasteiger partial charge in [0.05, 0.1) is 12.2 Å². The Morgan fingerprint density at radius 3 is 2.89 bits per heavy atom. The number of hydrogen-bond donors (Lipinski definition) is 2. The topological polar surface area (TPSA) is 89.6 Å². The maximum atomic E-state index is 12.5. The zero-order valence-electron chi connectivity index (χ0n) is 15.7. The maximum absolute atomic E-state index is 12.5. The first kappa shape index (κ1) is 17.9. The van der Waals surface area contributed by atoms with E-state index in [-0.39, 0.29) is 17.4 Å². The third-order valence-electron chi connectivity index (χ3n) is 7.14. The van der Waals surface area contributed by atoms with Crippen molar-refractivity contribution in [1.82, 2.24) is 4.98 Å². The molecule has 0 radical (unpaired) electrons. The fourth-order valence-electron chi connectivity index (χ4n) is 4.87. The van der Waals surface area contributed by atoms with Gasteiger partial charge < -0.3 is 15.8 Å². The van der Waals surface area contributed by atoms with Crippen LogP contribution < -0.4 is 11.1 Å². The summed E-state index contributed by atoms with van der Waals surface area (Å²) >= 11 is 3.18. The van der Waals surface area contributed by atoms with Gasteiger partial charge in [-0.2, -0.15) is 0 Å². The van der Waals surface area contributed by atoms with Crippen LogP contribution in [0.15, 0.2) is 10.4 Å². The fraction of sp³-hybridized carbons (Fsp3) is 0.737. The Kier molecular flexibility index (Phi) is 4.11. The lowest BCUT2D eigenvalue weighted by molar-refractivity contribution is -0.146. The van der Waals surface area contributed by atoms with Crippen molar-refractivity contribution >= 4 is 40.0 Å². The fourth-order valence-corrected chi connectivity index (χ4v) is 6.83. The van der Waals surface area contributed by atoms with Crippen LogP contribution in [0.25, 0.3) is 0 Å². The average Bonchev–Trinajstić information content (AvgIpc) is 3.01. The molecule has 3 atom stereocenters. The molecule has 0 aromatic carbocycles. The van der Waals surface area contributed by atoms with Crippen molar-refractivity contribution in [3.05, 3.63) is 10.4 Å². The number of ether oxygens (including phenoxy) is 1. The highest BCUT2D eigenvalue weighted by Crippen LogP contribution is 2.58. The molecule has 5 aliphatic rings. The number of thiazole rings is 1. The number of rotatable bonds is 4. The molecule has 0 unspecified atom stereocenters. The Bertz CT molecular complexity index is 797. The number of nitrogens with zero attached hydrogens (tertiary/aromatic N) is 2. The number of nitrogens with one attached hydrogen (secondary N) is 1. The summed E-state index contributed by atoms with van der Waals surface area (Å²) in [5.41, 5.74) is 5.47. The van der Waals surface area contributed by atoms with Gasteiger partial charge in [-0.05, 0) is 44.4 Å². The summed E-state index contributed by atoms with van der Waals surface area (Å²) in [6.45, 7) is 4.85. The van der Waals surface area contributed by atoms with Crippen LogP contribution in [0.5, 0.6) is 0 Å². The van der Waals surface area contributed by atoms with E-state index in [4.69, 9.17) is 20.4 Å². The standard InChI is InChI=1S/C19H26N4O2S2/c1-3-18(2)6-12-7-27-17(20)23-19(12,9-25-18)16-22-13(8-26-16)21-15(24)14-10-4-11(14)5-10/h8,10-12,14H,3-7,9H2,1-2H3,(H2,20,23)(H,21,24)/t10?,11?,12-,14?,18-,19-/m0/s1. The Labute approximate surface area is 167 Å². The van der Waals surface area contributed by atoms with E-state index in [1.807, 2.05) is 5.38 Å². The van der Waals surface area contributed by atoms with Crippen LogP contribution in [-0.4, -0.2) is 34.0 Å². The second-order valence-electron chi connectivity index (χ2n) is 8.72. The predicted molar refractivity (Wildman–Crippen MR) is 109 cm³/mol. The summed E-state index contributed by atoms with van der Waals surface area (Å²) in [7, 11) is 0. The minimum Gasteiger partial charge on any atom is -0.379 e. The molecule has 8 heteroatoms. The number of amidine groups is 1. The van der Waals surface area contributed by atoms with E-state index >= 15 is 0 Å². The molecule has 146 valence electrons. The van der Waals surface area contributed by atoms with Crippen LogP contribution in [0.2, 0.25) is 0 Å². The number of hydrogen-bond acceptors (Lipinski definition) is 7. The highest BCUT2D eigenvalue weighted by molar-refractivity contribution is 8.13. The van der Waals surface area contributed by atoms with Gasteiger partial charge in [0, 0.05) is 23.0 Å². The molecule has 6 rings (SSSR count). The van der Waals surface area contributed by atoms with Crippen LogP contribution in [0.4, 0.5) is 5.82 Å². The Morgan fingerprint density at radius 2 is 2.22 bits per heavy atom. The summed E-state index contributed by atoms with van der Waals surface area (Å²) in [5, 5.41) is 6.47. The SMILES string of the molecule is CC[C@@]1(C)C[C@H]2CSC(N)=N[C@@]2(c2nc(NC(=O)C3C4CC3C4)cs2)CO1.